The van der Waals surface area contributed by atoms with Crippen molar-refractivity contribution in [3.63, 3.8) is 0 Å². The van der Waals surface area contributed by atoms with Crippen molar-refractivity contribution in [3.05, 3.63) is 40.9 Å². The van der Waals surface area contributed by atoms with Gasteiger partial charge in [-0.3, -0.25) is 4.79 Å². The number of rotatable bonds is 5. The zero-order valence-electron chi connectivity index (χ0n) is 13.0. The highest BCUT2D eigenvalue weighted by Crippen LogP contribution is 2.32. The number of nitrogens with one attached hydrogen (secondary N) is 1. The monoisotopic (exact) mass is 411 g/mol. The van der Waals surface area contributed by atoms with Gasteiger partial charge in [0.15, 0.2) is 16.4 Å². The molecule has 1 fully saturated rings. The van der Waals surface area contributed by atoms with E-state index >= 15 is 0 Å². The fraction of sp³-hybridized carbons (Fsp3) is 0.353. The third kappa shape index (κ3) is 4.08. The highest BCUT2D eigenvalue weighted by atomic mass is 79.9. The lowest BCUT2D eigenvalue weighted by molar-refractivity contribution is -0.123. The van der Waals surface area contributed by atoms with Crippen LogP contribution >= 0.6 is 15.9 Å². The van der Waals surface area contributed by atoms with E-state index in [4.69, 9.17) is 4.74 Å². The summed E-state index contributed by atoms with van der Waals surface area (Å²) in [7, 11) is -2.91. The van der Waals surface area contributed by atoms with Crippen molar-refractivity contribution in [1.29, 1.82) is 0 Å². The molecule has 5 nitrogen and oxygen atoms in total. The Labute approximate surface area is 149 Å². The molecule has 1 N–H and O–H groups in total. The number of ether oxygens (including phenoxy) is 1. The normalized spacial score (nSPS) is 19.3. The molecule has 1 aliphatic rings. The van der Waals surface area contributed by atoms with Gasteiger partial charge in [-0.25, -0.2) is 8.42 Å². The molecule has 24 heavy (non-hydrogen) atoms. The summed E-state index contributed by atoms with van der Waals surface area (Å²) in [6.45, 7) is 0.275. The van der Waals surface area contributed by atoms with E-state index in [2.05, 4.69) is 21.2 Å². The van der Waals surface area contributed by atoms with Gasteiger partial charge in [-0.2, -0.15) is 0 Å². The predicted octanol–water partition coefficient (Wildman–Crippen LogP) is 2.53. The van der Waals surface area contributed by atoms with Gasteiger partial charge in [0, 0.05) is 6.54 Å². The number of amides is 1. The molecular weight excluding hydrogens is 394 g/mol. The van der Waals surface area contributed by atoms with Crippen LogP contribution in [0.25, 0.3) is 10.8 Å². The highest BCUT2D eigenvalue weighted by Gasteiger charge is 2.27. The quantitative estimate of drug-likeness (QED) is 0.820. The Morgan fingerprint density at radius 3 is 2.79 bits per heavy atom. The molecule has 2 aromatic carbocycles. The van der Waals surface area contributed by atoms with Crippen molar-refractivity contribution in [2.45, 2.75) is 6.42 Å². The number of benzene rings is 2. The number of fused-ring (bicyclic) bond motifs is 1. The van der Waals surface area contributed by atoms with Crippen LogP contribution in [0.5, 0.6) is 5.75 Å². The van der Waals surface area contributed by atoms with Crippen LogP contribution in [0.3, 0.4) is 0 Å². The summed E-state index contributed by atoms with van der Waals surface area (Å²) < 4.78 is 29.2. The topological polar surface area (TPSA) is 72.5 Å². The van der Waals surface area contributed by atoms with Crippen molar-refractivity contribution >= 4 is 42.4 Å². The van der Waals surface area contributed by atoms with Gasteiger partial charge < -0.3 is 10.1 Å². The van der Waals surface area contributed by atoms with Gasteiger partial charge in [0.05, 0.1) is 16.0 Å². The Morgan fingerprint density at radius 1 is 1.25 bits per heavy atom. The van der Waals surface area contributed by atoms with Gasteiger partial charge in [0.1, 0.15) is 5.75 Å². The maximum atomic E-state index is 11.9. The summed E-state index contributed by atoms with van der Waals surface area (Å²) in [5, 5.41) is 4.85. The molecule has 1 atom stereocenters. The van der Waals surface area contributed by atoms with Gasteiger partial charge in [-0.1, -0.05) is 30.3 Å². The minimum Gasteiger partial charge on any atom is -0.483 e. The molecule has 1 heterocycles. The van der Waals surface area contributed by atoms with Gasteiger partial charge >= 0.3 is 0 Å². The Bertz CT molecular complexity index is 866. The van der Waals surface area contributed by atoms with Crippen LogP contribution in [0.15, 0.2) is 40.9 Å². The molecule has 7 heteroatoms. The van der Waals surface area contributed by atoms with E-state index in [9.17, 15) is 13.2 Å². The lowest BCUT2D eigenvalue weighted by Gasteiger charge is -2.12. The minimum absolute atomic E-state index is 0.00588. The first-order chi connectivity index (χ1) is 11.4. The summed E-state index contributed by atoms with van der Waals surface area (Å²) in [5.74, 6) is 0.733. The van der Waals surface area contributed by atoms with Gasteiger partial charge in [0.2, 0.25) is 0 Å². The molecule has 2 aromatic rings. The highest BCUT2D eigenvalue weighted by molar-refractivity contribution is 9.10. The van der Waals surface area contributed by atoms with Crippen molar-refractivity contribution in [1.82, 2.24) is 5.32 Å². The van der Waals surface area contributed by atoms with Crippen molar-refractivity contribution in [2.24, 2.45) is 5.92 Å². The standard InChI is InChI=1S/C17H18BrNO4S/c18-17-14-4-2-1-3-13(14)5-6-15(17)23-10-16(20)19-9-12-7-8-24(21,22)11-12/h1-6,12H,7-11H2,(H,19,20)/t12-/m1/s1. The van der Waals surface area contributed by atoms with E-state index in [1.54, 1.807) is 0 Å². The van der Waals surface area contributed by atoms with Crippen molar-refractivity contribution < 1.29 is 17.9 Å². The largest absolute Gasteiger partial charge is 0.483 e. The third-order valence-electron chi connectivity index (χ3n) is 4.10. The number of sulfone groups is 1. The van der Waals surface area contributed by atoms with Gasteiger partial charge in [-0.15, -0.1) is 0 Å². The maximum absolute atomic E-state index is 11.9. The molecule has 0 aliphatic carbocycles. The Kier molecular flexibility index (Phi) is 5.10. The molecule has 0 radical (unpaired) electrons. The summed E-state index contributed by atoms with van der Waals surface area (Å²) in [4.78, 5) is 11.9. The second-order valence-corrected chi connectivity index (χ2v) is 8.98. The Hall–Kier alpha value is -1.60. The second kappa shape index (κ2) is 7.11. The fourth-order valence-electron chi connectivity index (χ4n) is 2.81. The zero-order chi connectivity index (χ0) is 17.2. The molecule has 128 valence electrons. The van der Waals surface area contributed by atoms with Crippen LogP contribution in [0.4, 0.5) is 0 Å². The molecule has 3 rings (SSSR count). The summed E-state index contributed by atoms with van der Waals surface area (Å²) in [6.07, 6.45) is 0.611. The summed E-state index contributed by atoms with van der Waals surface area (Å²) >= 11 is 3.51. The molecule has 0 unspecified atom stereocenters. The molecule has 1 aliphatic heterocycles. The number of hydrogen-bond acceptors (Lipinski definition) is 4. The lowest BCUT2D eigenvalue weighted by Crippen LogP contribution is -2.33. The summed E-state index contributed by atoms with van der Waals surface area (Å²) in [6, 6.07) is 11.7. The number of halogens is 1. The van der Waals surface area contributed by atoms with E-state index in [-0.39, 0.29) is 29.9 Å². The van der Waals surface area contributed by atoms with Crippen LogP contribution in [0, 0.1) is 5.92 Å². The van der Waals surface area contributed by atoms with E-state index in [0.29, 0.717) is 18.7 Å². The first-order valence-electron chi connectivity index (χ1n) is 7.72. The third-order valence-corrected chi connectivity index (χ3v) is 6.76. The smallest absolute Gasteiger partial charge is 0.257 e. The van der Waals surface area contributed by atoms with Crippen molar-refractivity contribution in [3.8, 4) is 5.75 Å². The number of carbonyl (C=O) groups is 1. The Morgan fingerprint density at radius 2 is 2.04 bits per heavy atom. The summed E-state index contributed by atoms with van der Waals surface area (Å²) in [5.41, 5.74) is 0. The average Bonchev–Trinajstić information content (AvgIpc) is 2.92. The van der Waals surface area contributed by atoms with Crippen LogP contribution in [-0.4, -0.2) is 39.0 Å². The molecule has 0 bridgehead atoms. The van der Waals surface area contributed by atoms with Crippen LogP contribution in [-0.2, 0) is 14.6 Å². The maximum Gasteiger partial charge on any atom is 0.257 e. The van der Waals surface area contributed by atoms with E-state index < -0.39 is 9.84 Å². The molecule has 1 saturated heterocycles. The van der Waals surface area contributed by atoms with Crippen LogP contribution in [0.2, 0.25) is 0 Å². The van der Waals surface area contributed by atoms with Crippen molar-refractivity contribution in [2.75, 3.05) is 24.7 Å². The van der Waals surface area contributed by atoms with Gasteiger partial charge in [0.25, 0.3) is 5.91 Å². The van der Waals surface area contributed by atoms with Crippen LogP contribution in [0.1, 0.15) is 6.42 Å². The SMILES string of the molecule is O=C(COc1ccc2ccccc2c1Br)NC[C@H]1CCS(=O)(=O)C1. The average molecular weight is 412 g/mol. The lowest BCUT2D eigenvalue weighted by atomic mass is 10.1. The first-order valence-corrected chi connectivity index (χ1v) is 10.3. The fourth-order valence-corrected chi connectivity index (χ4v) is 5.28. The first kappa shape index (κ1) is 17.2. The molecule has 0 saturated carbocycles. The van der Waals surface area contributed by atoms with E-state index in [1.807, 2.05) is 36.4 Å². The minimum atomic E-state index is -2.91. The number of hydrogen-bond donors (Lipinski definition) is 1. The van der Waals surface area contributed by atoms with Gasteiger partial charge in [-0.05, 0) is 45.1 Å². The molecule has 0 aromatic heterocycles. The molecule has 0 spiro atoms. The predicted molar refractivity (Wildman–Crippen MR) is 96.9 cm³/mol. The van der Waals surface area contributed by atoms with E-state index in [1.165, 1.54) is 0 Å². The molecule has 1 amide bonds. The second-order valence-electron chi connectivity index (χ2n) is 5.96. The number of carbonyl (C=O) groups excluding carboxylic acids is 1. The van der Waals surface area contributed by atoms with E-state index in [0.717, 1.165) is 15.2 Å². The molecular formula is C17H18BrNO4S. The Balaban J connectivity index is 1.54. The zero-order valence-corrected chi connectivity index (χ0v) is 15.4. The van der Waals surface area contributed by atoms with Crippen LogP contribution < -0.4 is 10.1 Å².